The van der Waals surface area contributed by atoms with Gasteiger partial charge >= 0.3 is 0 Å². The molecule has 0 aliphatic carbocycles. The zero-order valence-electron chi connectivity index (χ0n) is 16.4. The number of carbonyl (C=O) groups excluding carboxylic acids is 1. The molecule has 4 rings (SSSR count). The Morgan fingerprint density at radius 3 is 2.63 bits per heavy atom. The van der Waals surface area contributed by atoms with Gasteiger partial charge in [0.2, 0.25) is 5.91 Å². The molecule has 1 aliphatic rings. The molecule has 3 heterocycles. The highest BCUT2D eigenvalue weighted by Gasteiger charge is 2.14. The molecular formula is C22H22F2N4O2. The Morgan fingerprint density at radius 2 is 1.90 bits per heavy atom. The Kier molecular flexibility index (Phi) is 6.02. The fourth-order valence-electron chi connectivity index (χ4n) is 3.45. The van der Waals surface area contributed by atoms with Gasteiger partial charge in [-0.15, -0.1) is 0 Å². The molecule has 0 radical (unpaired) electrons. The maximum absolute atomic E-state index is 13.8. The number of oxazole rings is 1. The van der Waals surface area contributed by atoms with Crippen LogP contribution in [0.2, 0.25) is 0 Å². The number of anilines is 2. The van der Waals surface area contributed by atoms with E-state index >= 15 is 0 Å². The Hall–Kier alpha value is -3.29. The van der Waals surface area contributed by atoms with Crippen LogP contribution in [0, 0.1) is 11.6 Å². The average molecular weight is 412 g/mol. The summed E-state index contributed by atoms with van der Waals surface area (Å²) in [4.78, 5) is 23.0. The fourth-order valence-corrected chi connectivity index (χ4v) is 3.45. The summed E-state index contributed by atoms with van der Waals surface area (Å²) in [6, 6.07) is 6.99. The molecule has 0 unspecified atom stereocenters. The van der Waals surface area contributed by atoms with Crippen LogP contribution in [0.3, 0.4) is 0 Å². The molecule has 0 spiro atoms. The Balaban J connectivity index is 1.30. The van der Waals surface area contributed by atoms with Gasteiger partial charge in [0.1, 0.15) is 17.5 Å². The number of benzene rings is 1. The first-order valence-electron chi connectivity index (χ1n) is 9.99. The molecule has 156 valence electrons. The lowest BCUT2D eigenvalue weighted by Crippen LogP contribution is -2.30. The van der Waals surface area contributed by atoms with Crippen molar-refractivity contribution in [1.82, 2.24) is 9.97 Å². The number of aromatic nitrogens is 2. The lowest BCUT2D eigenvalue weighted by atomic mass is 10.1. The van der Waals surface area contributed by atoms with Gasteiger partial charge in [-0.05, 0) is 43.5 Å². The van der Waals surface area contributed by atoms with Gasteiger partial charge in [-0.1, -0.05) is 0 Å². The van der Waals surface area contributed by atoms with Gasteiger partial charge < -0.3 is 14.6 Å². The summed E-state index contributed by atoms with van der Waals surface area (Å²) >= 11 is 0. The molecular weight excluding hydrogens is 390 g/mol. The van der Waals surface area contributed by atoms with Crippen LogP contribution >= 0.6 is 0 Å². The van der Waals surface area contributed by atoms with Crippen molar-refractivity contribution >= 4 is 17.4 Å². The maximum Gasteiger partial charge on any atom is 0.224 e. The van der Waals surface area contributed by atoms with E-state index in [2.05, 4.69) is 20.2 Å². The van der Waals surface area contributed by atoms with Gasteiger partial charge in [0, 0.05) is 32.0 Å². The third kappa shape index (κ3) is 4.82. The number of piperidine rings is 1. The predicted molar refractivity (Wildman–Crippen MR) is 109 cm³/mol. The third-order valence-corrected chi connectivity index (χ3v) is 5.03. The smallest absolute Gasteiger partial charge is 0.224 e. The molecule has 2 aromatic heterocycles. The van der Waals surface area contributed by atoms with E-state index in [9.17, 15) is 13.6 Å². The summed E-state index contributed by atoms with van der Waals surface area (Å²) < 4.78 is 32.4. The number of carbonyl (C=O) groups is 1. The van der Waals surface area contributed by atoms with Gasteiger partial charge in [-0.3, -0.25) is 4.79 Å². The van der Waals surface area contributed by atoms with Crippen LogP contribution in [0.5, 0.6) is 0 Å². The second-order valence-electron chi connectivity index (χ2n) is 7.24. The molecule has 1 aromatic carbocycles. The lowest BCUT2D eigenvalue weighted by Gasteiger charge is -2.27. The van der Waals surface area contributed by atoms with Gasteiger partial charge in [-0.2, -0.15) is 0 Å². The van der Waals surface area contributed by atoms with Gasteiger partial charge in [0.25, 0.3) is 0 Å². The van der Waals surface area contributed by atoms with Crippen LogP contribution in [0.25, 0.3) is 11.3 Å². The minimum absolute atomic E-state index is 0.125. The van der Waals surface area contributed by atoms with Crippen molar-refractivity contribution in [2.45, 2.75) is 32.1 Å². The number of amides is 1. The number of nitrogens with one attached hydrogen (secondary N) is 1. The minimum Gasteiger partial charge on any atom is -0.441 e. The molecule has 1 amide bonds. The summed E-state index contributed by atoms with van der Waals surface area (Å²) in [5.41, 5.74) is 0.752. The van der Waals surface area contributed by atoms with Gasteiger partial charge in [-0.25, -0.2) is 18.7 Å². The highest BCUT2D eigenvalue weighted by Crippen LogP contribution is 2.25. The molecule has 30 heavy (non-hydrogen) atoms. The lowest BCUT2D eigenvalue weighted by molar-refractivity contribution is -0.116. The molecule has 1 fully saturated rings. The Labute approximate surface area is 172 Å². The van der Waals surface area contributed by atoms with Crippen LogP contribution in [0.1, 0.15) is 31.6 Å². The fraction of sp³-hybridized carbons (Fsp3) is 0.318. The summed E-state index contributed by atoms with van der Waals surface area (Å²) in [5, 5.41) is 2.81. The molecule has 0 bridgehead atoms. The quantitative estimate of drug-likeness (QED) is 0.642. The third-order valence-electron chi connectivity index (χ3n) is 5.03. The Bertz CT molecular complexity index is 1010. The van der Waals surface area contributed by atoms with Crippen LogP contribution < -0.4 is 10.2 Å². The van der Waals surface area contributed by atoms with Crippen LogP contribution in [0.4, 0.5) is 20.3 Å². The summed E-state index contributed by atoms with van der Waals surface area (Å²) in [7, 11) is 0. The molecule has 3 aromatic rings. The number of hydrogen-bond donors (Lipinski definition) is 1. The summed E-state index contributed by atoms with van der Waals surface area (Å²) in [6.07, 6.45) is 7.05. The highest BCUT2D eigenvalue weighted by molar-refractivity contribution is 5.90. The van der Waals surface area contributed by atoms with Crippen molar-refractivity contribution in [2.24, 2.45) is 0 Å². The van der Waals surface area contributed by atoms with E-state index in [1.165, 1.54) is 31.5 Å². The number of halogens is 2. The topological polar surface area (TPSA) is 71.3 Å². The zero-order valence-corrected chi connectivity index (χ0v) is 16.4. The van der Waals surface area contributed by atoms with Crippen molar-refractivity contribution in [3.05, 3.63) is 60.3 Å². The predicted octanol–water partition coefficient (Wildman–Crippen LogP) is 4.58. The van der Waals surface area contributed by atoms with Gasteiger partial charge in [0.05, 0.1) is 23.6 Å². The molecule has 8 heteroatoms. The first-order valence-corrected chi connectivity index (χ1v) is 9.99. The van der Waals surface area contributed by atoms with E-state index < -0.39 is 11.6 Å². The largest absolute Gasteiger partial charge is 0.441 e. The van der Waals surface area contributed by atoms with Gasteiger partial charge in [0.15, 0.2) is 11.7 Å². The van der Waals surface area contributed by atoms with Crippen molar-refractivity contribution in [2.75, 3.05) is 23.3 Å². The van der Waals surface area contributed by atoms with Crippen LogP contribution in [-0.2, 0) is 11.2 Å². The number of aryl methyl sites for hydroxylation is 1. The number of pyridine rings is 1. The van der Waals surface area contributed by atoms with Crippen molar-refractivity contribution in [3.8, 4) is 11.3 Å². The first-order chi connectivity index (χ1) is 14.6. The van der Waals surface area contributed by atoms with E-state index in [1.54, 1.807) is 6.20 Å². The maximum atomic E-state index is 13.8. The molecule has 1 aliphatic heterocycles. The van der Waals surface area contributed by atoms with E-state index in [4.69, 9.17) is 4.42 Å². The second kappa shape index (κ2) is 9.02. The van der Waals surface area contributed by atoms with Crippen LogP contribution in [0.15, 0.2) is 47.1 Å². The van der Waals surface area contributed by atoms with E-state index in [1.807, 2.05) is 12.1 Å². The molecule has 0 saturated carbocycles. The number of nitrogens with zero attached hydrogens (tertiary/aromatic N) is 3. The van der Waals surface area contributed by atoms with Crippen molar-refractivity contribution in [3.63, 3.8) is 0 Å². The molecule has 0 atom stereocenters. The molecule has 1 N–H and O–H groups in total. The normalized spacial score (nSPS) is 14.0. The molecule has 1 saturated heterocycles. The first kappa shape index (κ1) is 20.0. The van der Waals surface area contributed by atoms with E-state index in [0.717, 1.165) is 31.0 Å². The monoisotopic (exact) mass is 412 g/mol. The van der Waals surface area contributed by atoms with E-state index in [0.29, 0.717) is 11.6 Å². The zero-order chi connectivity index (χ0) is 20.9. The van der Waals surface area contributed by atoms with Crippen molar-refractivity contribution < 1.29 is 18.0 Å². The van der Waals surface area contributed by atoms with Crippen molar-refractivity contribution in [1.29, 1.82) is 0 Å². The number of rotatable bonds is 6. The Morgan fingerprint density at radius 1 is 1.07 bits per heavy atom. The second-order valence-corrected chi connectivity index (χ2v) is 7.24. The van der Waals surface area contributed by atoms with Crippen LogP contribution in [-0.4, -0.2) is 29.0 Å². The van der Waals surface area contributed by atoms with E-state index in [-0.39, 0.29) is 30.1 Å². The molecule has 6 nitrogen and oxygen atoms in total. The standard InChI is InChI=1S/C22H22F2N4O2/c23-15-4-6-17(18(24)12-15)19-14-26-22(30-19)9-8-21(29)27-16-5-7-20(25-13-16)28-10-2-1-3-11-28/h4-7,12-14H,1-3,8-11H2,(H,27,29). The minimum atomic E-state index is -0.726. The highest BCUT2D eigenvalue weighted by atomic mass is 19.1. The SMILES string of the molecule is O=C(CCc1ncc(-c2ccc(F)cc2F)o1)Nc1ccc(N2CCCCC2)nc1. The average Bonchev–Trinajstić information content (AvgIpc) is 3.22. The summed E-state index contributed by atoms with van der Waals surface area (Å²) in [5.74, 6) is -0.159. The number of hydrogen-bond acceptors (Lipinski definition) is 5. The summed E-state index contributed by atoms with van der Waals surface area (Å²) in [6.45, 7) is 2.03.